The molecule has 0 saturated carbocycles. The molecular weight excluding hydrogens is 286 g/mol. The Labute approximate surface area is 140 Å². The zero-order chi connectivity index (χ0) is 17.5. The van der Waals surface area contributed by atoms with Crippen molar-refractivity contribution in [1.29, 1.82) is 0 Å². The zero-order valence-corrected chi connectivity index (χ0v) is 14.9. The van der Waals surface area contributed by atoms with Gasteiger partial charge in [-0.15, -0.1) is 0 Å². The highest BCUT2D eigenvalue weighted by atomic mass is 16.5. The minimum atomic E-state index is -0.302. The number of nitrogens with one attached hydrogen (secondary N) is 1. The largest absolute Gasteiger partial charge is 0.465 e. The van der Waals surface area contributed by atoms with E-state index in [1.807, 2.05) is 58.0 Å². The summed E-state index contributed by atoms with van der Waals surface area (Å²) in [5.74, 6) is -0.302. The molecule has 3 heteroatoms. The Bertz CT molecular complexity index is 521. The molecule has 0 saturated heterocycles. The van der Waals surface area contributed by atoms with E-state index in [0.717, 1.165) is 18.7 Å². The Morgan fingerprint density at radius 1 is 0.826 bits per heavy atom. The van der Waals surface area contributed by atoms with Crippen LogP contribution in [0.1, 0.15) is 49.2 Å². The number of carbonyl (C=O) groups is 1. The molecule has 0 aliphatic heterocycles. The molecule has 0 aliphatic carbocycles. The topological polar surface area (TPSA) is 38.3 Å². The van der Waals surface area contributed by atoms with E-state index in [0.29, 0.717) is 5.56 Å². The summed E-state index contributed by atoms with van der Waals surface area (Å²) in [7, 11) is 1.39. The van der Waals surface area contributed by atoms with Crippen molar-refractivity contribution in [3.05, 3.63) is 71.3 Å². The molecule has 23 heavy (non-hydrogen) atoms. The van der Waals surface area contributed by atoms with Crippen molar-refractivity contribution >= 4 is 5.97 Å². The van der Waals surface area contributed by atoms with Crippen LogP contribution in [-0.2, 0) is 17.8 Å². The first-order valence-corrected chi connectivity index (χ1v) is 8.21. The molecular formula is C20H29NO2. The van der Waals surface area contributed by atoms with Gasteiger partial charge in [-0.05, 0) is 23.3 Å². The number of carbonyl (C=O) groups excluding carboxylic acids is 1. The Morgan fingerprint density at radius 3 is 1.78 bits per heavy atom. The lowest BCUT2D eigenvalue weighted by Crippen LogP contribution is -2.12. The third-order valence-corrected chi connectivity index (χ3v) is 2.88. The fraction of sp³-hybridized carbons (Fsp3) is 0.350. The van der Waals surface area contributed by atoms with Crippen LogP contribution in [0, 0.1) is 0 Å². The predicted octanol–water partition coefficient (Wildman–Crippen LogP) is 4.82. The van der Waals surface area contributed by atoms with Crippen LogP contribution in [0.2, 0.25) is 0 Å². The van der Waals surface area contributed by atoms with Gasteiger partial charge in [0.2, 0.25) is 0 Å². The molecule has 0 aliphatic rings. The van der Waals surface area contributed by atoms with Crippen LogP contribution < -0.4 is 5.32 Å². The highest BCUT2D eigenvalue weighted by Gasteiger charge is 2.03. The quantitative estimate of drug-likeness (QED) is 0.804. The number of esters is 1. The Balaban J connectivity index is 0.00000112. The maximum absolute atomic E-state index is 11.3. The van der Waals surface area contributed by atoms with E-state index < -0.39 is 0 Å². The van der Waals surface area contributed by atoms with Crippen molar-refractivity contribution in [3.8, 4) is 0 Å². The van der Waals surface area contributed by atoms with Gasteiger partial charge in [0.05, 0.1) is 12.7 Å². The maximum Gasteiger partial charge on any atom is 0.337 e. The van der Waals surface area contributed by atoms with E-state index in [1.54, 1.807) is 12.1 Å². The Hall–Kier alpha value is -2.13. The second-order valence-corrected chi connectivity index (χ2v) is 4.28. The molecule has 0 radical (unpaired) electrons. The van der Waals surface area contributed by atoms with Crippen LogP contribution in [0.4, 0.5) is 0 Å². The fourth-order valence-electron chi connectivity index (χ4n) is 1.82. The van der Waals surface area contributed by atoms with Gasteiger partial charge in [0.1, 0.15) is 0 Å². The second-order valence-electron chi connectivity index (χ2n) is 4.28. The third-order valence-electron chi connectivity index (χ3n) is 2.88. The molecule has 1 N–H and O–H groups in total. The van der Waals surface area contributed by atoms with E-state index in [2.05, 4.69) is 22.2 Å². The van der Waals surface area contributed by atoms with Crippen molar-refractivity contribution < 1.29 is 9.53 Å². The van der Waals surface area contributed by atoms with Gasteiger partial charge in [-0.2, -0.15) is 0 Å². The first kappa shape index (κ1) is 20.9. The van der Waals surface area contributed by atoms with Crippen LogP contribution in [0.3, 0.4) is 0 Å². The van der Waals surface area contributed by atoms with E-state index in [9.17, 15) is 4.79 Å². The van der Waals surface area contributed by atoms with Crippen molar-refractivity contribution in [1.82, 2.24) is 5.32 Å². The number of ether oxygens (including phenoxy) is 1. The number of methoxy groups -OCH3 is 1. The number of hydrogen-bond donors (Lipinski definition) is 1. The maximum atomic E-state index is 11.3. The van der Waals surface area contributed by atoms with Gasteiger partial charge in [0, 0.05) is 13.1 Å². The molecule has 0 spiro atoms. The van der Waals surface area contributed by atoms with Crippen molar-refractivity contribution in [2.45, 2.75) is 40.8 Å². The molecule has 0 aromatic heterocycles. The molecule has 0 fully saturated rings. The Kier molecular flexibility index (Phi) is 12.3. The minimum absolute atomic E-state index is 0.302. The predicted molar refractivity (Wildman–Crippen MR) is 97.5 cm³/mol. The molecule has 2 aromatic rings. The summed E-state index contributed by atoms with van der Waals surface area (Å²) in [6, 6.07) is 17.7. The minimum Gasteiger partial charge on any atom is -0.465 e. The van der Waals surface area contributed by atoms with Crippen molar-refractivity contribution in [2.75, 3.05) is 7.11 Å². The lowest BCUT2D eigenvalue weighted by Gasteiger charge is -2.06. The smallest absolute Gasteiger partial charge is 0.337 e. The molecule has 0 bridgehead atoms. The first-order valence-electron chi connectivity index (χ1n) is 8.21. The first-order chi connectivity index (χ1) is 11.3. The van der Waals surface area contributed by atoms with Gasteiger partial charge in [0.15, 0.2) is 0 Å². The van der Waals surface area contributed by atoms with Gasteiger partial charge in [-0.3, -0.25) is 0 Å². The highest BCUT2D eigenvalue weighted by molar-refractivity contribution is 5.89. The van der Waals surface area contributed by atoms with Crippen molar-refractivity contribution in [3.63, 3.8) is 0 Å². The van der Waals surface area contributed by atoms with Crippen molar-refractivity contribution in [2.24, 2.45) is 0 Å². The van der Waals surface area contributed by atoms with Crippen LogP contribution in [0.25, 0.3) is 0 Å². The molecule has 0 atom stereocenters. The summed E-state index contributed by atoms with van der Waals surface area (Å²) in [6.45, 7) is 9.61. The number of benzene rings is 2. The summed E-state index contributed by atoms with van der Waals surface area (Å²) in [4.78, 5) is 11.3. The SMILES string of the molecule is CC.CC.COC(=O)c1ccc(CNCc2ccccc2)cc1. The monoisotopic (exact) mass is 315 g/mol. The average Bonchev–Trinajstić information content (AvgIpc) is 2.66. The number of rotatable bonds is 5. The zero-order valence-electron chi connectivity index (χ0n) is 14.9. The molecule has 0 heterocycles. The average molecular weight is 315 g/mol. The molecule has 2 rings (SSSR count). The van der Waals surface area contributed by atoms with Gasteiger partial charge in [-0.1, -0.05) is 70.2 Å². The molecule has 2 aromatic carbocycles. The van der Waals surface area contributed by atoms with Gasteiger partial charge in [0.25, 0.3) is 0 Å². The third kappa shape index (κ3) is 8.17. The normalized spacial score (nSPS) is 8.91. The summed E-state index contributed by atoms with van der Waals surface area (Å²) in [5.41, 5.74) is 2.98. The van der Waals surface area contributed by atoms with E-state index in [-0.39, 0.29) is 5.97 Å². The number of hydrogen-bond acceptors (Lipinski definition) is 3. The van der Waals surface area contributed by atoms with E-state index >= 15 is 0 Å². The summed E-state index contributed by atoms with van der Waals surface area (Å²) in [5, 5.41) is 3.36. The van der Waals surface area contributed by atoms with Crippen LogP contribution in [0.5, 0.6) is 0 Å². The molecule has 126 valence electrons. The summed E-state index contributed by atoms with van der Waals surface area (Å²) in [6.07, 6.45) is 0. The molecule has 3 nitrogen and oxygen atoms in total. The summed E-state index contributed by atoms with van der Waals surface area (Å²) < 4.78 is 4.66. The van der Waals surface area contributed by atoms with Gasteiger partial charge < -0.3 is 10.1 Å². The standard InChI is InChI=1S/C16H17NO2.2C2H6/c1-19-16(18)15-9-7-14(8-10-15)12-17-11-13-5-3-2-4-6-13;2*1-2/h2-10,17H,11-12H2,1H3;2*1-2H3. The van der Waals surface area contributed by atoms with Gasteiger partial charge in [-0.25, -0.2) is 4.79 Å². The second kappa shape index (κ2) is 13.5. The van der Waals surface area contributed by atoms with Crippen LogP contribution in [-0.4, -0.2) is 13.1 Å². The lowest BCUT2D eigenvalue weighted by molar-refractivity contribution is 0.0600. The molecule has 0 amide bonds. The van der Waals surface area contributed by atoms with E-state index in [1.165, 1.54) is 12.7 Å². The molecule has 0 unspecified atom stereocenters. The van der Waals surface area contributed by atoms with Gasteiger partial charge >= 0.3 is 5.97 Å². The lowest BCUT2D eigenvalue weighted by atomic mass is 10.1. The van der Waals surface area contributed by atoms with Crippen LogP contribution in [0.15, 0.2) is 54.6 Å². The van der Waals surface area contributed by atoms with E-state index in [4.69, 9.17) is 0 Å². The Morgan fingerprint density at radius 2 is 1.30 bits per heavy atom. The summed E-state index contributed by atoms with van der Waals surface area (Å²) >= 11 is 0. The van der Waals surface area contributed by atoms with Crippen LogP contribution >= 0.6 is 0 Å². The highest BCUT2D eigenvalue weighted by Crippen LogP contribution is 2.06. The fourth-order valence-corrected chi connectivity index (χ4v) is 1.82.